The molecule has 17 heavy (non-hydrogen) atoms. The molecule has 1 aromatic carbocycles. The Morgan fingerprint density at radius 2 is 2.06 bits per heavy atom. The zero-order valence-corrected chi connectivity index (χ0v) is 10.7. The van der Waals surface area contributed by atoms with Crippen molar-refractivity contribution in [3.63, 3.8) is 0 Å². The van der Waals surface area contributed by atoms with Crippen molar-refractivity contribution in [2.75, 3.05) is 0 Å². The zero-order valence-electron chi connectivity index (χ0n) is 8.50. The number of hydrogen-bond donors (Lipinski definition) is 1. The van der Waals surface area contributed by atoms with Gasteiger partial charge in [0, 0.05) is 9.64 Å². The predicted octanol–water partition coefficient (Wildman–Crippen LogP) is 2.57. The number of carboxylic acid groups (broad SMARTS) is 1. The Morgan fingerprint density at radius 3 is 2.65 bits per heavy atom. The number of nitrogens with zero attached hydrogens (tertiary/aromatic N) is 2. The minimum Gasteiger partial charge on any atom is -0.476 e. The Morgan fingerprint density at radius 1 is 1.24 bits per heavy atom. The number of halogens is 1. The third kappa shape index (κ3) is 3.13. The van der Waals surface area contributed by atoms with Crippen LogP contribution in [-0.2, 0) is 0 Å². The van der Waals surface area contributed by atoms with Crippen molar-refractivity contribution in [3.05, 3.63) is 45.7 Å². The second-order valence-electron chi connectivity index (χ2n) is 3.12. The van der Waals surface area contributed by atoms with E-state index in [2.05, 4.69) is 32.8 Å². The van der Waals surface area contributed by atoms with Crippen LogP contribution >= 0.6 is 22.6 Å². The highest BCUT2D eigenvalue weighted by Gasteiger charge is 2.06. The molecular weight excluding hydrogens is 335 g/mol. The predicted molar refractivity (Wildman–Crippen MR) is 68.2 cm³/mol. The Kier molecular flexibility index (Phi) is 3.52. The first-order valence-corrected chi connectivity index (χ1v) is 5.73. The second-order valence-corrected chi connectivity index (χ2v) is 4.37. The van der Waals surface area contributed by atoms with Gasteiger partial charge in [0.1, 0.15) is 5.75 Å². The van der Waals surface area contributed by atoms with Crippen LogP contribution in [0.3, 0.4) is 0 Å². The van der Waals surface area contributed by atoms with Crippen molar-refractivity contribution < 1.29 is 14.6 Å². The number of ether oxygens (including phenoxy) is 1. The molecule has 0 saturated heterocycles. The third-order valence-corrected chi connectivity index (χ3v) is 2.55. The van der Waals surface area contributed by atoms with Gasteiger partial charge in [-0.05, 0) is 46.9 Å². The van der Waals surface area contributed by atoms with Gasteiger partial charge in [-0.15, -0.1) is 10.2 Å². The molecule has 0 bridgehead atoms. The first kappa shape index (κ1) is 11.8. The fourth-order valence-electron chi connectivity index (χ4n) is 1.14. The molecule has 0 radical (unpaired) electrons. The van der Waals surface area contributed by atoms with Crippen LogP contribution in [0.5, 0.6) is 11.6 Å². The van der Waals surface area contributed by atoms with E-state index in [1.165, 1.54) is 12.1 Å². The second kappa shape index (κ2) is 5.09. The quantitative estimate of drug-likeness (QED) is 0.868. The molecular formula is C11H7IN2O3. The molecule has 0 atom stereocenters. The molecule has 2 rings (SSSR count). The maximum absolute atomic E-state index is 10.6. The summed E-state index contributed by atoms with van der Waals surface area (Å²) in [4.78, 5) is 10.6. The molecule has 0 unspecified atom stereocenters. The van der Waals surface area contributed by atoms with Crippen LogP contribution in [0.2, 0.25) is 0 Å². The van der Waals surface area contributed by atoms with Gasteiger partial charge in [-0.1, -0.05) is 6.07 Å². The molecule has 1 N–H and O–H groups in total. The van der Waals surface area contributed by atoms with Gasteiger partial charge in [0.25, 0.3) is 0 Å². The number of hydrogen-bond acceptors (Lipinski definition) is 4. The monoisotopic (exact) mass is 342 g/mol. The molecule has 0 spiro atoms. The molecule has 0 saturated carbocycles. The Hall–Kier alpha value is -1.70. The van der Waals surface area contributed by atoms with E-state index in [1.54, 1.807) is 6.07 Å². The fourth-order valence-corrected chi connectivity index (χ4v) is 1.65. The Bertz CT molecular complexity index is 543. The lowest BCUT2D eigenvalue weighted by Crippen LogP contribution is -2.02. The molecule has 6 heteroatoms. The SMILES string of the molecule is O=C(O)c1ccc(Oc2cccc(I)c2)nn1. The highest BCUT2D eigenvalue weighted by molar-refractivity contribution is 14.1. The maximum Gasteiger partial charge on any atom is 0.356 e. The molecule has 2 aromatic rings. The van der Waals surface area contributed by atoms with Gasteiger partial charge < -0.3 is 9.84 Å². The highest BCUT2D eigenvalue weighted by Crippen LogP contribution is 2.20. The van der Waals surface area contributed by atoms with Gasteiger partial charge in [0.05, 0.1) is 0 Å². The van der Waals surface area contributed by atoms with Gasteiger partial charge in [-0.2, -0.15) is 0 Å². The van der Waals surface area contributed by atoms with E-state index in [-0.39, 0.29) is 11.6 Å². The van der Waals surface area contributed by atoms with Crippen molar-refractivity contribution >= 4 is 28.6 Å². The fraction of sp³-hybridized carbons (Fsp3) is 0. The number of benzene rings is 1. The molecule has 0 aliphatic heterocycles. The van der Waals surface area contributed by atoms with Gasteiger partial charge in [0.15, 0.2) is 5.69 Å². The first-order chi connectivity index (χ1) is 8.15. The molecule has 86 valence electrons. The summed E-state index contributed by atoms with van der Waals surface area (Å²) in [6.45, 7) is 0. The average Bonchev–Trinajstić information content (AvgIpc) is 2.29. The van der Waals surface area contributed by atoms with Crippen molar-refractivity contribution in [2.45, 2.75) is 0 Å². The topological polar surface area (TPSA) is 72.3 Å². The zero-order chi connectivity index (χ0) is 12.3. The molecule has 0 aliphatic rings. The van der Waals surface area contributed by atoms with Gasteiger partial charge in [-0.3, -0.25) is 0 Å². The van der Waals surface area contributed by atoms with Crippen molar-refractivity contribution in [1.29, 1.82) is 0 Å². The minimum absolute atomic E-state index is 0.111. The maximum atomic E-state index is 10.6. The van der Waals surface area contributed by atoms with E-state index in [0.717, 1.165) is 3.57 Å². The van der Waals surface area contributed by atoms with E-state index in [4.69, 9.17) is 9.84 Å². The van der Waals surface area contributed by atoms with E-state index >= 15 is 0 Å². The Balaban J connectivity index is 2.16. The summed E-state index contributed by atoms with van der Waals surface area (Å²) in [6.07, 6.45) is 0. The van der Waals surface area contributed by atoms with E-state index < -0.39 is 5.97 Å². The Labute approximate surface area is 111 Å². The lowest BCUT2D eigenvalue weighted by molar-refractivity contribution is 0.0689. The van der Waals surface area contributed by atoms with Crippen LogP contribution in [0.25, 0.3) is 0 Å². The first-order valence-electron chi connectivity index (χ1n) is 4.65. The third-order valence-electron chi connectivity index (χ3n) is 1.88. The largest absolute Gasteiger partial charge is 0.476 e. The van der Waals surface area contributed by atoms with Gasteiger partial charge >= 0.3 is 5.97 Å². The summed E-state index contributed by atoms with van der Waals surface area (Å²) >= 11 is 2.17. The lowest BCUT2D eigenvalue weighted by Gasteiger charge is -2.03. The summed E-state index contributed by atoms with van der Waals surface area (Å²) in [6, 6.07) is 10.2. The minimum atomic E-state index is -1.11. The van der Waals surface area contributed by atoms with Crippen LogP contribution in [-0.4, -0.2) is 21.3 Å². The number of rotatable bonds is 3. The highest BCUT2D eigenvalue weighted by atomic mass is 127. The molecule has 5 nitrogen and oxygen atoms in total. The van der Waals surface area contributed by atoms with E-state index in [1.807, 2.05) is 18.2 Å². The number of carbonyl (C=O) groups is 1. The van der Waals surface area contributed by atoms with Crippen LogP contribution in [0.4, 0.5) is 0 Å². The van der Waals surface area contributed by atoms with E-state index in [0.29, 0.717) is 5.75 Å². The number of carboxylic acids is 1. The number of aromatic carboxylic acids is 1. The van der Waals surface area contributed by atoms with Crippen molar-refractivity contribution in [3.8, 4) is 11.6 Å². The summed E-state index contributed by atoms with van der Waals surface area (Å²) in [5.74, 6) is -0.218. The standard InChI is InChI=1S/C11H7IN2O3/c12-7-2-1-3-8(6-7)17-10-5-4-9(11(15)16)13-14-10/h1-6H,(H,15,16). The van der Waals surface area contributed by atoms with Crippen LogP contribution in [0.1, 0.15) is 10.5 Å². The summed E-state index contributed by atoms with van der Waals surface area (Å²) < 4.78 is 6.46. The van der Waals surface area contributed by atoms with Crippen LogP contribution < -0.4 is 4.74 Å². The van der Waals surface area contributed by atoms with Crippen molar-refractivity contribution in [2.24, 2.45) is 0 Å². The normalized spacial score (nSPS) is 9.94. The average molecular weight is 342 g/mol. The summed E-state index contributed by atoms with van der Waals surface area (Å²) in [5, 5.41) is 15.8. The van der Waals surface area contributed by atoms with E-state index in [9.17, 15) is 4.79 Å². The summed E-state index contributed by atoms with van der Waals surface area (Å²) in [7, 11) is 0. The molecule has 0 aliphatic carbocycles. The lowest BCUT2D eigenvalue weighted by atomic mass is 10.3. The molecule has 0 fully saturated rings. The molecule has 1 heterocycles. The molecule has 1 aromatic heterocycles. The van der Waals surface area contributed by atoms with Gasteiger partial charge in [-0.25, -0.2) is 4.79 Å². The summed E-state index contributed by atoms with van der Waals surface area (Å²) in [5.41, 5.74) is -0.111. The van der Waals surface area contributed by atoms with Crippen LogP contribution in [0.15, 0.2) is 36.4 Å². The molecule has 0 amide bonds. The van der Waals surface area contributed by atoms with Crippen LogP contribution in [0, 0.1) is 3.57 Å². The van der Waals surface area contributed by atoms with Gasteiger partial charge in [0.2, 0.25) is 5.88 Å². The smallest absolute Gasteiger partial charge is 0.356 e. The number of aromatic nitrogens is 2. The van der Waals surface area contributed by atoms with Crippen molar-refractivity contribution in [1.82, 2.24) is 10.2 Å².